The van der Waals surface area contributed by atoms with Crippen LogP contribution in [-0.2, 0) is 9.53 Å². The summed E-state index contributed by atoms with van der Waals surface area (Å²) in [5, 5.41) is 10.3. The molecular formula is C21H32O3. The summed E-state index contributed by atoms with van der Waals surface area (Å²) in [5.74, 6) is 1.28. The second-order valence-electron chi connectivity index (χ2n) is 9.75. The normalized spacial score (nSPS) is 52.8. The zero-order chi connectivity index (χ0) is 17.3. The van der Waals surface area contributed by atoms with E-state index in [0.717, 1.165) is 25.7 Å². The van der Waals surface area contributed by atoms with Gasteiger partial charge in [-0.15, -0.1) is 0 Å². The SMILES string of the molecule is C=C1C[C@]23C[C@H]1CC[C@H]2[C@]1(C)CCC[C@](C)(CO)[C@H]1[C@@H]3C(=O)OC. The van der Waals surface area contributed by atoms with Crippen LogP contribution in [0.3, 0.4) is 0 Å². The Morgan fingerprint density at radius 2 is 2.08 bits per heavy atom. The number of hydrogen-bond donors (Lipinski definition) is 1. The van der Waals surface area contributed by atoms with Crippen LogP contribution in [0.4, 0.5) is 0 Å². The highest BCUT2D eigenvalue weighted by Gasteiger charge is 2.73. The summed E-state index contributed by atoms with van der Waals surface area (Å²) in [4.78, 5) is 13.0. The fraction of sp³-hybridized carbons (Fsp3) is 0.857. The third kappa shape index (κ3) is 1.80. The highest BCUT2D eigenvalue weighted by molar-refractivity contribution is 5.75. The Kier molecular flexibility index (Phi) is 3.53. The van der Waals surface area contributed by atoms with Gasteiger partial charge in [0.25, 0.3) is 0 Å². The number of esters is 1. The molecule has 0 radical (unpaired) electrons. The number of hydrogen-bond acceptors (Lipinski definition) is 3. The van der Waals surface area contributed by atoms with Crippen molar-refractivity contribution in [2.75, 3.05) is 13.7 Å². The summed E-state index contributed by atoms with van der Waals surface area (Å²) in [6.45, 7) is 9.17. The Hall–Kier alpha value is -0.830. The largest absolute Gasteiger partial charge is 0.469 e. The second kappa shape index (κ2) is 5.09. The Bertz CT molecular complexity index is 584. The molecule has 2 bridgehead atoms. The molecule has 1 spiro atoms. The monoisotopic (exact) mass is 332 g/mol. The van der Waals surface area contributed by atoms with Gasteiger partial charge in [0.1, 0.15) is 0 Å². The summed E-state index contributed by atoms with van der Waals surface area (Å²) < 4.78 is 5.35. The lowest BCUT2D eigenvalue weighted by atomic mass is 9.53. The number of carbonyl (C=O) groups excluding carboxylic acids is 1. The maximum atomic E-state index is 13.0. The molecule has 134 valence electrons. The topological polar surface area (TPSA) is 46.5 Å². The molecule has 0 saturated heterocycles. The molecule has 0 amide bonds. The molecule has 4 fully saturated rings. The van der Waals surface area contributed by atoms with E-state index in [0.29, 0.717) is 11.8 Å². The Labute approximate surface area is 145 Å². The van der Waals surface area contributed by atoms with E-state index in [2.05, 4.69) is 20.4 Å². The van der Waals surface area contributed by atoms with Gasteiger partial charge in [-0.05, 0) is 72.5 Å². The highest BCUT2D eigenvalue weighted by Crippen LogP contribution is 2.77. The van der Waals surface area contributed by atoms with Gasteiger partial charge in [-0.1, -0.05) is 32.4 Å². The number of methoxy groups -OCH3 is 1. The molecule has 4 aliphatic carbocycles. The maximum Gasteiger partial charge on any atom is 0.309 e. The lowest BCUT2D eigenvalue weighted by Gasteiger charge is -2.51. The van der Waals surface area contributed by atoms with E-state index < -0.39 is 0 Å². The Morgan fingerprint density at radius 3 is 2.75 bits per heavy atom. The molecule has 0 aromatic carbocycles. The number of carbonyl (C=O) groups is 1. The third-order valence-corrected chi connectivity index (χ3v) is 8.75. The summed E-state index contributed by atoms with van der Waals surface area (Å²) in [6, 6.07) is 0. The molecule has 7 atom stereocenters. The number of allylic oxidation sites excluding steroid dienone is 1. The van der Waals surface area contributed by atoms with Crippen molar-refractivity contribution in [2.24, 2.45) is 39.9 Å². The molecule has 4 saturated carbocycles. The molecule has 0 aliphatic heterocycles. The number of aliphatic hydroxyl groups is 1. The van der Waals surface area contributed by atoms with E-state index >= 15 is 0 Å². The minimum Gasteiger partial charge on any atom is -0.469 e. The zero-order valence-corrected chi connectivity index (χ0v) is 15.4. The smallest absolute Gasteiger partial charge is 0.309 e. The molecule has 1 N–H and O–H groups in total. The molecule has 24 heavy (non-hydrogen) atoms. The quantitative estimate of drug-likeness (QED) is 0.615. The average Bonchev–Trinajstić information content (AvgIpc) is 2.94. The molecule has 3 heteroatoms. The van der Waals surface area contributed by atoms with Gasteiger partial charge in [-0.3, -0.25) is 4.79 Å². The molecular weight excluding hydrogens is 300 g/mol. The van der Waals surface area contributed by atoms with Gasteiger partial charge >= 0.3 is 5.97 Å². The van der Waals surface area contributed by atoms with Crippen molar-refractivity contribution in [3.63, 3.8) is 0 Å². The summed E-state index contributed by atoms with van der Waals surface area (Å²) in [7, 11) is 1.53. The van der Waals surface area contributed by atoms with Gasteiger partial charge < -0.3 is 9.84 Å². The van der Waals surface area contributed by atoms with Crippen LogP contribution in [0.25, 0.3) is 0 Å². The van der Waals surface area contributed by atoms with Crippen molar-refractivity contribution in [1.82, 2.24) is 0 Å². The fourth-order valence-corrected chi connectivity index (χ4v) is 8.07. The van der Waals surface area contributed by atoms with Crippen LogP contribution in [0.5, 0.6) is 0 Å². The molecule has 3 nitrogen and oxygen atoms in total. The van der Waals surface area contributed by atoms with Crippen LogP contribution in [0.2, 0.25) is 0 Å². The van der Waals surface area contributed by atoms with Gasteiger partial charge in [-0.25, -0.2) is 0 Å². The van der Waals surface area contributed by atoms with E-state index in [4.69, 9.17) is 4.74 Å². The predicted molar refractivity (Wildman–Crippen MR) is 93.2 cm³/mol. The average molecular weight is 332 g/mol. The number of rotatable bonds is 2. The highest BCUT2D eigenvalue weighted by atomic mass is 16.5. The van der Waals surface area contributed by atoms with Crippen molar-refractivity contribution in [3.05, 3.63) is 12.2 Å². The van der Waals surface area contributed by atoms with Crippen LogP contribution in [0, 0.1) is 39.9 Å². The van der Waals surface area contributed by atoms with Crippen LogP contribution < -0.4 is 0 Å². The van der Waals surface area contributed by atoms with Crippen molar-refractivity contribution >= 4 is 5.97 Å². The van der Waals surface area contributed by atoms with E-state index in [1.54, 1.807) is 0 Å². The number of aliphatic hydroxyl groups excluding tert-OH is 1. The fourth-order valence-electron chi connectivity index (χ4n) is 8.07. The lowest BCUT2D eigenvalue weighted by Crippen LogP contribution is -2.48. The van der Waals surface area contributed by atoms with Gasteiger partial charge in [0.2, 0.25) is 0 Å². The first-order chi connectivity index (χ1) is 11.3. The van der Waals surface area contributed by atoms with Crippen molar-refractivity contribution in [1.29, 1.82) is 0 Å². The van der Waals surface area contributed by atoms with Gasteiger partial charge in [0.05, 0.1) is 13.0 Å². The van der Waals surface area contributed by atoms with Crippen molar-refractivity contribution in [2.45, 2.75) is 58.8 Å². The third-order valence-electron chi connectivity index (χ3n) is 8.75. The summed E-state index contributed by atoms with van der Waals surface area (Å²) >= 11 is 0. The maximum absolute atomic E-state index is 13.0. The predicted octanol–water partition coefficient (Wildman–Crippen LogP) is 3.96. The molecule has 0 aromatic heterocycles. The van der Waals surface area contributed by atoms with Crippen LogP contribution in [0.15, 0.2) is 12.2 Å². The van der Waals surface area contributed by atoms with Crippen molar-refractivity contribution < 1.29 is 14.6 Å². The first-order valence-corrected chi connectivity index (χ1v) is 9.69. The summed E-state index contributed by atoms with van der Waals surface area (Å²) in [6.07, 6.45) is 7.92. The van der Waals surface area contributed by atoms with Crippen LogP contribution in [0.1, 0.15) is 58.8 Å². The first kappa shape index (κ1) is 16.6. The van der Waals surface area contributed by atoms with Crippen molar-refractivity contribution in [3.8, 4) is 0 Å². The minimum atomic E-state index is -0.169. The Balaban J connectivity index is 1.90. The van der Waals surface area contributed by atoms with Gasteiger partial charge in [0.15, 0.2) is 0 Å². The first-order valence-electron chi connectivity index (χ1n) is 9.69. The van der Waals surface area contributed by atoms with Gasteiger partial charge in [-0.2, -0.15) is 0 Å². The minimum absolute atomic E-state index is 0.0350. The van der Waals surface area contributed by atoms with E-state index in [1.165, 1.54) is 31.9 Å². The number of fused-ring (bicyclic) bond motifs is 3. The Morgan fingerprint density at radius 1 is 1.33 bits per heavy atom. The molecule has 4 rings (SSSR count). The summed E-state index contributed by atoms with van der Waals surface area (Å²) in [5.41, 5.74) is 1.37. The molecule has 4 aliphatic rings. The lowest BCUT2D eigenvalue weighted by molar-refractivity contribution is -0.157. The van der Waals surface area contributed by atoms with E-state index in [9.17, 15) is 9.90 Å². The molecule has 0 aromatic rings. The van der Waals surface area contributed by atoms with Crippen LogP contribution in [-0.4, -0.2) is 24.8 Å². The second-order valence-corrected chi connectivity index (χ2v) is 9.75. The standard InChI is InChI=1S/C21H32O3/c1-13-10-21-11-14(13)6-7-15(21)20(3)9-5-8-19(2,12-22)17(20)16(21)18(23)24-4/h14-17,22H,1,5-12H2,2-4H3/t14-,15+,16-,17-,19-,20+,21+/m1/s1. The molecule has 0 heterocycles. The van der Waals surface area contributed by atoms with E-state index in [1.807, 2.05) is 0 Å². The van der Waals surface area contributed by atoms with E-state index in [-0.39, 0.29) is 40.7 Å². The molecule has 0 unspecified atom stereocenters. The van der Waals surface area contributed by atoms with Crippen LogP contribution >= 0.6 is 0 Å². The number of ether oxygens (including phenoxy) is 1. The zero-order valence-electron chi connectivity index (χ0n) is 15.4. The van der Waals surface area contributed by atoms with Gasteiger partial charge in [0, 0.05) is 6.61 Å².